The summed E-state index contributed by atoms with van der Waals surface area (Å²) in [7, 11) is 0. The van der Waals surface area contributed by atoms with Crippen LogP contribution in [0.15, 0.2) is 28.3 Å². The van der Waals surface area contributed by atoms with Crippen molar-refractivity contribution in [3.8, 4) is 11.8 Å². The van der Waals surface area contributed by atoms with E-state index in [1.165, 1.54) is 50.5 Å². The third-order valence-electron chi connectivity index (χ3n) is 6.92. The lowest BCUT2D eigenvalue weighted by atomic mass is 9.69. The topological polar surface area (TPSA) is 12.4 Å². The molecule has 1 aromatic carbocycles. The van der Waals surface area contributed by atoms with E-state index < -0.39 is 11.6 Å². The van der Waals surface area contributed by atoms with Gasteiger partial charge >= 0.3 is 0 Å². The zero-order chi connectivity index (χ0) is 21.5. The molecule has 0 aliphatic heterocycles. The first kappa shape index (κ1) is 22.9. The van der Waals surface area contributed by atoms with Crippen molar-refractivity contribution in [3.63, 3.8) is 0 Å². The Kier molecular flexibility index (Phi) is 8.37. The summed E-state index contributed by atoms with van der Waals surface area (Å²) in [5.74, 6) is 7.27. The lowest BCUT2D eigenvalue weighted by Gasteiger charge is -2.36. The summed E-state index contributed by atoms with van der Waals surface area (Å²) in [5.41, 5.74) is 2.32. The number of halogens is 2. The van der Waals surface area contributed by atoms with E-state index in [9.17, 15) is 8.78 Å². The highest BCUT2D eigenvalue weighted by atomic mass is 32.1. The molecule has 0 saturated heterocycles. The maximum absolute atomic E-state index is 14.2. The summed E-state index contributed by atoms with van der Waals surface area (Å²) in [6.45, 7) is 4.43. The molecule has 0 aromatic heterocycles. The smallest absolute Gasteiger partial charge is 0.151 e. The van der Waals surface area contributed by atoms with Gasteiger partial charge in [-0.2, -0.15) is 4.99 Å². The second kappa shape index (κ2) is 11.0. The minimum Gasteiger partial charge on any atom is -0.206 e. The largest absolute Gasteiger partial charge is 0.206 e. The van der Waals surface area contributed by atoms with Crippen LogP contribution in [0.4, 0.5) is 14.5 Å². The zero-order valence-corrected chi connectivity index (χ0v) is 18.9. The Morgan fingerprint density at radius 1 is 1.03 bits per heavy atom. The van der Waals surface area contributed by atoms with Crippen LogP contribution in [-0.2, 0) is 0 Å². The van der Waals surface area contributed by atoms with Crippen LogP contribution in [0.5, 0.6) is 0 Å². The first-order valence-corrected chi connectivity index (χ1v) is 11.7. The van der Waals surface area contributed by atoms with Gasteiger partial charge in [-0.15, -0.1) is 0 Å². The molecule has 0 radical (unpaired) electrons. The van der Waals surface area contributed by atoms with E-state index in [1.807, 2.05) is 0 Å². The average molecular weight is 428 g/mol. The highest BCUT2D eigenvalue weighted by Crippen LogP contribution is 2.42. The molecular formula is C26H31F2NS. The molecule has 1 fully saturated rings. The van der Waals surface area contributed by atoms with Crippen molar-refractivity contribution in [1.82, 2.24) is 0 Å². The second-order valence-corrected chi connectivity index (χ2v) is 9.10. The van der Waals surface area contributed by atoms with Crippen LogP contribution < -0.4 is 0 Å². The summed E-state index contributed by atoms with van der Waals surface area (Å²) in [5, 5.41) is 2.06. The predicted octanol–water partition coefficient (Wildman–Crippen LogP) is 8.16. The fraction of sp³-hybridized carbons (Fsp3) is 0.577. The molecule has 0 bridgehead atoms. The number of benzene rings is 1. The van der Waals surface area contributed by atoms with Crippen LogP contribution in [0, 0.1) is 41.2 Å². The third kappa shape index (κ3) is 5.87. The van der Waals surface area contributed by atoms with E-state index in [4.69, 9.17) is 0 Å². The number of isothiocyanates is 1. The lowest BCUT2D eigenvalue weighted by Crippen LogP contribution is -2.24. The minimum absolute atomic E-state index is 0.0589. The van der Waals surface area contributed by atoms with Crippen molar-refractivity contribution >= 4 is 23.1 Å². The first-order valence-electron chi connectivity index (χ1n) is 11.3. The van der Waals surface area contributed by atoms with Gasteiger partial charge < -0.3 is 0 Å². The molecule has 0 N–H and O–H groups in total. The van der Waals surface area contributed by atoms with E-state index in [-0.39, 0.29) is 11.3 Å². The highest BCUT2D eigenvalue weighted by molar-refractivity contribution is 7.78. The van der Waals surface area contributed by atoms with E-state index in [2.05, 4.69) is 48.1 Å². The van der Waals surface area contributed by atoms with Gasteiger partial charge in [0.25, 0.3) is 0 Å². The van der Waals surface area contributed by atoms with E-state index >= 15 is 0 Å². The fourth-order valence-corrected chi connectivity index (χ4v) is 5.18. The number of hydrogen-bond acceptors (Lipinski definition) is 2. The van der Waals surface area contributed by atoms with Crippen LogP contribution in [0.25, 0.3) is 0 Å². The molecule has 1 aromatic rings. The molecule has 4 heteroatoms. The zero-order valence-electron chi connectivity index (χ0n) is 18.1. The van der Waals surface area contributed by atoms with Crippen LogP contribution in [0.1, 0.15) is 83.6 Å². The van der Waals surface area contributed by atoms with Gasteiger partial charge in [0.1, 0.15) is 11.5 Å². The normalized spacial score (nSPS) is 24.1. The van der Waals surface area contributed by atoms with Gasteiger partial charge in [0, 0.05) is 11.6 Å². The van der Waals surface area contributed by atoms with Gasteiger partial charge in [-0.1, -0.05) is 56.4 Å². The van der Waals surface area contributed by atoms with Crippen LogP contribution >= 0.6 is 12.2 Å². The summed E-state index contributed by atoms with van der Waals surface area (Å²) in [6.07, 6.45) is 12.8. The van der Waals surface area contributed by atoms with Crippen molar-refractivity contribution in [2.45, 2.75) is 78.1 Å². The number of thiocarbonyl (C=S) groups is 1. The maximum atomic E-state index is 14.2. The third-order valence-corrected chi connectivity index (χ3v) is 7.01. The van der Waals surface area contributed by atoms with E-state index in [1.54, 1.807) is 0 Å². The molecule has 3 rings (SSSR count). The molecule has 1 nitrogen and oxygen atoms in total. The average Bonchev–Trinajstić information content (AvgIpc) is 2.75. The Bertz CT molecular complexity index is 894. The summed E-state index contributed by atoms with van der Waals surface area (Å²) >= 11 is 4.46. The highest BCUT2D eigenvalue weighted by Gasteiger charge is 2.29. The standard InChI is InChI=1S/C26H31F2NS/c1-3-4-5-19-6-8-21(9-7-19)22-12-10-20(18(2)14-22)11-13-23-15-25(28)26(29-17-30)16-24(23)27/h15-16,19,21-22H,3-10,12,14H2,1-2H3. The van der Waals surface area contributed by atoms with Crippen LogP contribution in [0.3, 0.4) is 0 Å². The van der Waals surface area contributed by atoms with Crippen molar-refractivity contribution in [2.24, 2.45) is 22.7 Å². The van der Waals surface area contributed by atoms with Crippen molar-refractivity contribution in [2.75, 3.05) is 0 Å². The Morgan fingerprint density at radius 2 is 1.80 bits per heavy atom. The number of hydrogen-bond donors (Lipinski definition) is 0. The van der Waals surface area contributed by atoms with E-state index in [0.717, 1.165) is 54.7 Å². The summed E-state index contributed by atoms with van der Waals surface area (Å²) in [6, 6.07) is 2.11. The number of unbranched alkanes of at least 4 members (excludes halogenated alkanes) is 1. The minimum atomic E-state index is -0.637. The Labute approximate surface area is 185 Å². The lowest BCUT2D eigenvalue weighted by molar-refractivity contribution is 0.183. The Hall–Kier alpha value is -1.82. The Balaban J connectivity index is 1.63. The summed E-state index contributed by atoms with van der Waals surface area (Å²) < 4.78 is 28.2. The monoisotopic (exact) mass is 427 g/mol. The maximum Gasteiger partial charge on any atom is 0.151 e. The molecule has 1 saturated carbocycles. The second-order valence-electron chi connectivity index (χ2n) is 8.92. The number of rotatable bonds is 5. The predicted molar refractivity (Wildman–Crippen MR) is 123 cm³/mol. The van der Waals surface area contributed by atoms with Crippen molar-refractivity contribution in [3.05, 3.63) is 40.5 Å². The quantitative estimate of drug-likeness (QED) is 0.262. The van der Waals surface area contributed by atoms with Gasteiger partial charge in [-0.05, 0) is 75.1 Å². The van der Waals surface area contributed by atoms with Crippen LogP contribution in [-0.4, -0.2) is 5.16 Å². The molecule has 0 amide bonds. The molecule has 0 heterocycles. The first-order chi connectivity index (χ1) is 14.5. The van der Waals surface area contributed by atoms with E-state index in [0.29, 0.717) is 0 Å². The summed E-state index contributed by atoms with van der Waals surface area (Å²) in [4.78, 5) is 3.53. The molecule has 2 aliphatic rings. The van der Waals surface area contributed by atoms with Gasteiger partial charge in [0.2, 0.25) is 0 Å². The molecule has 2 aliphatic carbocycles. The van der Waals surface area contributed by atoms with Gasteiger partial charge in [0.05, 0.1) is 10.7 Å². The SMILES string of the molecule is CCCCC1CCC(C2CCC(C#Cc3cc(F)c(N=C=S)cc3F)=C(C)C2)CC1. The number of aliphatic imine (C=N–C) groups is 1. The number of allylic oxidation sites excluding steroid dienone is 2. The molecule has 30 heavy (non-hydrogen) atoms. The fourth-order valence-electron chi connectivity index (χ4n) is 5.08. The van der Waals surface area contributed by atoms with Gasteiger partial charge in [-0.25, -0.2) is 8.78 Å². The van der Waals surface area contributed by atoms with Gasteiger partial charge in [0.15, 0.2) is 5.82 Å². The molecule has 1 unspecified atom stereocenters. The molecular weight excluding hydrogens is 396 g/mol. The van der Waals surface area contributed by atoms with Crippen molar-refractivity contribution in [1.29, 1.82) is 0 Å². The molecule has 0 spiro atoms. The van der Waals surface area contributed by atoms with Crippen LogP contribution in [0.2, 0.25) is 0 Å². The van der Waals surface area contributed by atoms with Gasteiger partial charge in [-0.3, -0.25) is 0 Å². The number of nitrogens with zero attached hydrogens (tertiary/aromatic N) is 1. The Morgan fingerprint density at radius 3 is 2.47 bits per heavy atom. The van der Waals surface area contributed by atoms with Crippen molar-refractivity contribution < 1.29 is 8.78 Å². The molecule has 1 atom stereocenters. The molecule has 160 valence electrons.